The number of aliphatic hydroxyl groups is 1. The quantitative estimate of drug-likeness (QED) is 0.205. The normalized spacial score (nSPS) is 13.6. The lowest BCUT2D eigenvalue weighted by Gasteiger charge is -2.32. The maximum Gasteiger partial charge on any atom is 0.119 e. The molecule has 0 aliphatic carbocycles. The molecule has 7 aromatic carbocycles. The molecular weight excluding hydrogens is 440 g/mol. The second-order valence-corrected chi connectivity index (χ2v) is 9.67. The van der Waals surface area contributed by atoms with E-state index in [4.69, 9.17) is 0 Å². The molecule has 0 bridgehead atoms. The van der Waals surface area contributed by atoms with Crippen molar-refractivity contribution < 1.29 is 10.2 Å². The third-order valence-corrected chi connectivity index (χ3v) is 7.60. The molecule has 7 aromatic rings. The third-order valence-electron chi connectivity index (χ3n) is 7.60. The Morgan fingerprint density at radius 2 is 1.11 bits per heavy atom. The highest BCUT2D eigenvalue weighted by Gasteiger charge is 2.35. The van der Waals surface area contributed by atoms with E-state index in [1.54, 1.807) is 12.1 Å². The lowest BCUT2D eigenvalue weighted by molar-refractivity contribution is 0.0827. The summed E-state index contributed by atoms with van der Waals surface area (Å²) in [7, 11) is 0. The number of phenolic OH excluding ortho intramolecular Hbond substituents is 1. The zero-order chi connectivity index (χ0) is 24.3. The molecule has 7 rings (SSSR count). The summed E-state index contributed by atoms with van der Waals surface area (Å²) in [5.74, 6) is 0.182. The number of hydrogen-bond acceptors (Lipinski definition) is 2. The van der Waals surface area contributed by atoms with Crippen LogP contribution in [-0.2, 0) is 12.0 Å². The van der Waals surface area contributed by atoms with Crippen LogP contribution in [0.2, 0.25) is 0 Å². The fraction of sp³-hybridized carbons (Fsp3) is 0.0588. The van der Waals surface area contributed by atoms with Crippen molar-refractivity contribution in [2.24, 2.45) is 0 Å². The molecule has 0 saturated heterocycles. The van der Waals surface area contributed by atoms with Crippen LogP contribution >= 0.6 is 0 Å². The van der Waals surface area contributed by atoms with E-state index in [-0.39, 0.29) is 5.75 Å². The molecule has 0 radical (unpaired) electrons. The number of phenols is 1. The van der Waals surface area contributed by atoms with Crippen molar-refractivity contribution in [1.29, 1.82) is 0 Å². The standard InChI is InChI=1S/C34H24O2/c35-26-18-16-25(17-19-26)34(36,21-22-7-2-1-3-8-22)30-20-15-24-11-5-13-28-27-12-4-9-23-10-6-14-29(31(23)27)33(30)32(24)28/h1-20,35-36H,21H2. The van der Waals surface area contributed by atoms with Crippen LogP contribution in [0.25, 0.3) is 43.1 Å². The predicted molar refractivity (Wildman–Crippen MR) is 149 cm³/mol. The summed E-state index contributed by atoms with van der Waals surface area (Å²) in [5.41, 5.74) is 1.37. The molecular formula is C34H24O2. The van der Waals surface area contributed by atoms with Gasteiger partial charge in [-0.25, -0.2) is 0 Å². The zero-order valence-electron chi connectivity index (χ0n) is 19.6. The van der Waals surface area contributed by atoms with Gasteiger partial charge in [0.1, 0.15) is 11.4 Å². The van der Waals surface area contributed by atoms with Crippen molar-refractivity contribution in [2.45, 2.75) is 12.0 Å². The Hall–Kier alpha value is -4.40. The summed E-state index contributed by atoms with van der Waals surface area (Å²) in [4.78, 5) is 0. The van der Waals surface area contributed by atoms with Gasteiger partial charge in [0.2, 0.25) is 0 Å². The van der Waals surface area contributed by atoms with Gasteiger partial charge in [0.25, 0.3) is 0 Å². The molecule has 2 heteroatoms. The topological polar surface area (TPSA) is 40.5 Å². The molecule has 0 saturated carbocycles. The second-order valence-electron chi connectivity index (χ2n) is 9.67. The molecule has 1 unspecified atom stereocenters. The molecule has 1 atom stereocenters. The number of rotatable bonds is 4. The maximum absolute atomic E-state index is 12.7. The van der Waals surface area contributed by atoms with Gasteiger partial charge in [-0.05, 0) is 71.9 Å². The van der Waals surface area contributed by atoms with Crippen LogP contribution in [0.5, 0.6) is 5.75 Å². The Morgan fingerprint density at radius 1 is 0.500 bits per heavy atom. The predicted octanol–water partition coefficient (Wildman–Crippen LogP) is 7.92. The molecule has 0 amide bonds. The first-order chi connectivity index (χ1) is 17.6. The first-order valence-corrected chi connectivity index (χ1v) is 12.3. The molecule has 0 aromatic heterocycles. The maximum atomic E-state index is 12.7. The van der Waals surface area contributed by atoms with E-state index < -0.39 is 5.60 Å². The molecule has 0 aliphatic heterocycles. The van der Waals surface area contributed by atoms with Crippen LogP contribution in [0.3, 0.4) is 0 Å². The van der Waals surface area contributed by atoms with Gasteiger partial charge in [-0.15, -0.1) is 0 Å². The fourth-order valence-corrected chi connectivity index (χ4v) is 5.98. The van der Waals surface area contributed by atoms with E-state index in [9.17, 15) is 10.2 Å². The molecule has 0 aliphatic rings. The van der Waals surface area contributed by atoms with E-state index in [0.717, 1.165) is 32.8 Å². The van der Waals surface area contributed by atoms with Gasteiger partial charge >= 0.3 is 0 Å². The monoisotopic (exact) mass is 464 g/mol. The summed E-state index contributed by atoms with van der Waals surface area (Å²) in [6.07, 6.45) is 0.414. The van der Waals surface area contributed by atoms with Crippen molar-refractivity contribution in [2.75, 3.05) is 0 Å². The van der Waals surface area contributed by atoms with E-state index in [2.05, 4.69) is 78.9 Å². The second kappa shape index (κ2) is 7.81. The minimum absolute atomic E-state index is 0.182. The van der Waals surface area contributed by atoms with Gasteiger partial charge in [-0.2, -0.15) is 0 Å². The summed E-state index contributed by atoms with van der Waals surface area (Å²) in [6.45, 7) is 0. The Balaban J connectivity index is 1.66. The highest BCUT2D eigenvalue weighted by Crippen LogP contribution is 2.46. The molecule has 2 nitrogen and oxygen atoms in total. The van der Waals surface area contributed by atoms with E-state index >= 15 is 0 Å². The lowest BCUT2D eigenvalue weighted by atomic mass is 9.77. The van der Waals surface area contributed by atoms with Crippen molar-refractivity contribution in [3.05, 3.63) is 138 Å². The minimum atomic E-state index is -1.31. The lowest BCUT2D eigenvalue weighted by Crippen LogP contribution is -2.30. The van der Waals surface area contributed by atoms with Crippen molar-refractivity contribution in [1.82, 2.24) is 0 Å². The van der Waals surface area contributed by atoms with Gasteiger partial charge in [0.05, 0.1) is 0 Å². The van der Waals surface area contributed by atoms with Crippen LogP contribution < -0.4 is 0 Å². The largest absolute Gasteiger partial charge is 0.508 e. The minimum Gasteiger partial charge on any atom is -0.508 e. The van der Waals surface area contributed by atoms with Crippen LogP contribution in [0, 0.1) is 0 Å². The fourth-order valence-electron chi connectivity index (χ4n) is 5.98. The number of benzene rings is 7. The van der Waals surface area contributed by atoms with Gasteiger partial charge < -0.3 is 10.2 Å². The van der Waals surface area contributed by atoms with Gasteiger partial charge in [0, 0.05) is 6.42 Å². The molecule has 0 fully saturated rings. The highest BCUT2D eigenvalue weighted by atomic mass is 16.3. The van der Waals surface area contributed by atoms with Crippen LogP contribution in [0.4, 0.5) is 0 Å². The van der Waals surface area contributed by atoms with Crippen molar-refractivity contribution in [3.63, 3.8) is 0 Å². The molecule has 0 heterocycles. The first-order valence-electron chi connectivity index (χ1n) is 12.3. The third kappa shape index (κ3) is 3.02. The van der Waals surface area contributed by atoms with Crippen LogP contribution in [-0.4, -0.2) is 10.2 Å². The first kappa shape index (κ1) is 20.9. The summed E-state index contributed by atoms with van der Waals surface area (Å²) < 4.78 is 0. The van der Waals surface area contributed by atoms with Gasteiger partial charge in [-0.1, -0.05) is 109 Å². The summed E-state index contributed by atoms with van der Waals surface area (Å²) >= 11 is 0. The number of aromatic hydroxyl groups is 1. The average Bonchev–Trinajstić information content (AvgIpc) is 2.92. The highest BCUT2D eigenvalue weighted by molar-refractivity contribution is 6.33. The number of hydrogen-bond donors (Lipinski definition) is 2. The zero-order valence-corrected chi connectivity index (χ0v) is 19.6. The van der Waals surface area contributed by atoms with E-state index in [1.165, 1.54) is 26.9 Å². The average molecular weight is 465 g/mol. The van der Waals surface area contributed by atoms with Crippen LogP contribution in [0.1, 0.15) is 16.7 Å². The smallest absolute Gasteiger partial charge is 0.119 e. The molecule has 0 spiro atoms. The SMILES string of the molecule is Oc1ccc(C(O)(Cc2ccccc2)c2ccc3cccc4c5cccc6cccc(c2c34)c65)cc1. The summed E-state index contributed by atoms with van der Waals surface area (Å²) in [6, 6.07) is 40.7. The molecule has 2 N–H and O–H groups in total. The van der Waals surface area contributed by atoms with Crippen LogP contribution in [0.15, 0.2) is 121 Å². The van der Waals surface area contributed by atoms with Crippen molar-refractivity contribution >= 4 is 43.1 Å². The Labute approximate surface area is 209 Å². The Bertz CT molecular complexity index is 1860. The van der Waals surface area contributed by atoms with E-state index in [0.29, 0.717) is 6.42 Å². The Morgan fingerprint density at radius 3 is 1.81 bits per heavy atom. The van der Waals surface area contributed by atoms with Gasteiger partial charge in [0.15, 0.2) is 0 Å². The van der Waals surface area contributed by atoms with Gasteiger partial charge in [-0.3, -0.25) is 0 Å². The number of fused-ring (bicyclic) bond motifs is 2. The molecule has 36 heavy (non-hydrogen) atoms. The molecule has 172 valence electrons. The summed E-state index contributed by atoms with van der Waals surface area (Å²) in [5, 5.41) is 32.1. The van der Waals surface area contributed by atoms with Crippen molar-refractivity contribution in [3.8, 4) is 5.75 Å². The van der Waals surface area contributed by atoms with E-state index in [1.807, 2.05) is 30.3 Å². The Kier molecular flexibility index (Phi) is 4.54.